The smallest absolute Gasteiger partial charge is 0.343 e. The standard InChI is InChI=1S/C25H27F2NO4/c1-28-13-12-25(16-8-9-20(30-2)21(14-16)31-3)11-10-17(15-22(25)28)32-24(29)19-7-5-4-6-18(19)23(26)27/h4-10,14,22-23H,11-13,15H2,1-3H3. The molecule has 1 heterocycles. The van der Waals surface area contributed by atoms with Gasteiger partial charge in [0.2, 0.25) is 0 Å². The lowest BCUT2D eigenvalue weighted by Gasteiger charge is -2.40. The molecule has 0 N–H and O–H groups in total. The fraction of sp³-hybridized carbons (Fsp3) is 0.400. The maximum Gasteiger partial charge on any atom is 0.343 e. The Morgan fingerprint density at radius 1 is 1.12 bits per heavy atom. The third-order valence-corrected chi connectivity index (χ3v) is 6.77. The molecule has 1 fully saturated rings. The summed E-state index contributed by atoms with van der Waals surface area (Å²) in [6.07, 6.45) is 1.34. The third-order valence-electron chi connectivity index (χ3n) is 6.77. The van der Waals surface area contributed by atoms with Gasteiger partial charge < -0.3 is 19.1 Å². The van der Waals surface area contributed by atoms with Gasteiger partial charge in [-0.15, -0.1) is 0 Å². The zero-order valence-corrected chi connectivity index (χ0v) is 18.4. The molecule has 4 rings (SSSR count). The van der Waals surface area contributed by atoms with Crippen LogP contribution < -0.4 is 9.47 Å². The Hall–Kier alpha value is -2.93. The molecule has 0 bridgehead atoms. The zero-order chi connectivity index (χ0) is 22.9. The SMILES string of the molecule is COc1ccc(C23CC=C(OC(=O)c4ccccc4C(F)F)CC2N(C)CC3)cc1OC. The van der Waals surface area contributed by atoms with Crippen LogP contribution in [0.25, 0.3) is 0 Å². The molecule has 32 heavy (non-hydrogen) atoms. The number of alkyl halides is 2. The number of likely N-dealkylation sites (N-methyl/N-ethyl adjacent to an activating group) is 1. The Balaban J connectivity index is 1.61. The summed E-state index contributed by atoms with van der Waals surface area (Å²) in [6.45, 7) is 0.905. The summed E-state index contributed by atoms with van der Waals surface area (Å²) in [5.41, 5.74) is 0.589. The van der Waals surface area contributed by atoms with E-state index in [0.29, 0.717) is 30.1 Å². The number of hydrogen-bond donors (Lipinski definition) is 0. The Bertz CT molecular complexity index is 1040. The van der Waals surface area contributed by atoms with Gasteiger partial charge in [0.25, 0.3) is 6.43 Å². The van der Waals surface area contributed by atoms with Gasteiger partial charge in [0.05, 0.1) is 19.8 Å². The van der Waals surface area contributed by atoms with E-state index in [-0.39, 0.29) is 22.6 Å². The summed E-state index contributed by atoms with van der Waals surface area (Å²) in [6, 6.07) is 11.8. The van der Waals surface area contributed by atoms with Crippen molar-refractivity contribution < 1.29 is 27.8 Å². The van der Waals surface area contributed by atoms with Crippen molar-refractivity contribution in [3.63, 3.8) is 0 Å². The quantitative estimate of drug-likeness (QED) is 0.580. The molecule has 1 aliphatic heterocycles. The maximum atomic E-state index is 13.3. The molecule has 7 heteroatoms. The first-order valence-corrected chi connectivity index (χ1v) is 10.6. The number of nitrogens with zero attached hydrogens (tertiary/aromatic N) is 1. The van der Waals surface area contributed by atoms with Gasteiger partial charge in [0.1, 0.15) is 5.76 Å². The largest absolute Gasteiger partial charge is 0.493 e. The van der Waals surface area contributed by atoms with E-state index in [9.17, 15) is 13.6 Å². The number of ether oxygens (including phenoxy) is 3. The van der Waals surface area contributed by atoms with Crippen molar-refractivity contribution in [3.05, 3.63) is 71.0 Å². The monoisotopic (exact) mass is 443 g/mol. The van der Waals surface area contributed by atoms with E-state index in [2.05, 4.69) is 18.0 Å². The molecule has 0 spiro atoms. The maximum absolute atomic E-state index is 13.3. The van der Waals surface area contributed by atoms with Gasteiger partial charge >= 0.3 is 5.97 Å². The predicted octanol–water partition coefficient (Wildman–Crippen LogP) is 5.12. The highest BCUT2D eigenvalue weighted by Gasteiger charge is 2.49. The number of likely N-dealkylation sites (tertiary alicyclic amines) is 1. The van der Waals surface area contributed by atoms with Crippen LogP contribution >= 0.6 is 0 Å². The van der Waals surface area contributed by atoms with Crippen molar-refractivity contribution >= 4 is 5.97 Å². The minimum atomic E-state index is -2.74. The molecule has 0 radical (unpaired) electrons. The normalized spacial score (nSPS) is 22.9. The number of methoxy groups -OCH3 is 2. The highest BCUT2D eigenvalue weighted by molar-refractivity contribution is 5.91. The van der Waals surface area contributed by atoms with E-state index in [1.165, 1.54) is 18.2 Å². The van der Waals surface area contributed by atoms with E-state index in [0.717, 1.165) is 18.5 Å². The molecule has 0 aromatic heterocycles. The molecule has 2 aromatic carbocycles. The van der Waals surface area contributed by atoms with Gasteiger partial charge in [0.15, 0.2) is 11.5 Å². The van der Waals surface area contributed by atoms with Crippen LogP contribution in [0, 0.1) is 0 Å². The molecule has 2 atom stereocenters. The summed E-state index contributed by atoms with van der Waals surface area (Å²) in [5, 5.41) is 0. The van der Waals surface area contributed by atoms with E-state index in [1.54, 1.807) is 20.3 Å². The average Bonchev–Trinajstić information content (AvgIpc) is 3.15. The lowest BCUT2D eigenvalue weighted by Crippen LogP contribution is -2.43. The molecule has 2 unspecified atom stereocenters. The topological polar surface area (TPSA) is 48.0 Å². The molecule has 0 amide bonds. The number of carbonyl (C=O) groups is 1. The van der Waals surface area contributed by atoms with E-state index >= 15 is 0 Å². The molecule has 0 saturated carbocycles. The molecule has 2 aliphatic rings. The number of esters is 1. The highest BCUT2D eigenvalue weighted by atomic mass is 19.3. The van der Waals surface area contributed by atoms with Crippen LogP contribution in [-0.4, -0.2) is 44.7 Å². The number of fused-ring (bicyclic) bond motifs is 1. The number of hydrogen-bond acceptors (Lipinski definition) is 5. The zero-order valence-electron chi connectivity index (χ0n) is 18.4. The number of carbonyl (C=O) groups excluding carboxylic acids is 1. The summed E-state index contributed by atoms with van der Waals surface area (Å²) in [4.78, 5) is 14.9. The molecule has 1 aliphatic carbocycles. The molecule has 2 aromatic rings. The number of halogens is 2. The Labute approximate surface area is 186 Å². The minimum absolute atomic E-state index is 0.0973. The second kappa shape index (κ2) is 8.90. The van der Waals surface area contributed by atoms with Crippen LogP contribution in [-0.2, 0) is 10.2 Å². The summed E-state index contributed by atoms with van der Waals surface area (Å²) in [7, 11) is 5.29. The fourth-order valence-electron chi connectivity index (χ4n) is 5.01. The van der Waals surface area contributed by atoms with Crippen molar-refractivity contribution in [1.29, 1.82) is 0 Å². The first-order chi connectivity index (χ1) is 15.4. The van der Waals surface area contributed by atoms with E-state index < -0.39 is 12.4 Å². The van der Waals surface area contributed by atoms with E-state index in [4.69, 9.17) is 14.2 Å². The van der Waals surface area contributed by atoms with Crippen LogP contribution in [0.5, 0.6) is 11.5 Å². The molecule has 5 nitrogen and oxygen atoms in total. The lowest BCUT2D eigenvalue weighted by molar-refractivity contribution is 0.0568. The van der Waals surface area contributed by atoms with Crippen molar-refractivity contribution in [2.24, 2.45) is 0 Å². The van der Waals surface area contributed by atoms with Crippen molar-refractivity contribution in [2.75, 3.05) is 27.8 Å². The van der Waals surface area contributed by atoms with Gasteiger partial charge in [0, 0.05) is 23.4 Å². The van der Waals surface area contributed by atoms with E-state index in [1.807, 2.05) is 18.2 Å². The van der Waals surface area contributed by atoms with Gasteiger partial charge in [-0.25, -0.2) is 13.6 Å². The van der Waals surface area contributed by atoms with Crippen LogP contribution in [0.3, 0.4) is 0 Å². The van der Waals surface area contributed by atoms with Gasteiger partial charge in [-0.3, -0.25) is 0 Å². The summed E-state index contributed by atoms with van der Waals surface area (Å²) in [5.74, 6) is 1.13. The number of benzene rings is 2. The first-order valence-electron chi connectivity index (χ1n) is 10.6. The molecular weight excluding hydrogens is 416 g/mol. The fourth-order valence-corrected chi connectivity index (χ4v) is 5.01. The van der Waals surface area contributed by atoms with Gasteiger partial charge in [-0.1, -0.05) is 24.3 Å². The van der Waals surface area contributed by atoms with Crippen molar-refractivity contribution in [1.82, 2.24) is 4.90 Å². The van der Waals surface area contributed by atoms with Crippen molar-refractivity contribution in [2.45, 2.75) is 37.1 Å². The van der Waals surface area contributed by atoms with Crippen LogP contribution in [0.15, 0.2) is 54.3 Å². The summed E-state index contributed by atoms with van der Waals surface area (Å²) >= 11 is 0. The lowest BCUT2D eigenvalue weighted by atomic mass is 9.68. The first kappa shape index (κ1) is 22.3. The van der Waals surface area contributed by atoms with Gasteiger partial charge in [-0.2, -0.15) is 0 Å². The molecular formula is C25H27F2NO4. The molecule has 1 saturated heterocycles. The highest BCUT2D eigenvalue weighted by Crippen LogP contribution is 2.49. The average molecular weight is 443 g/mol. The second-order valence-corrected chi connectivity index (χ2v) is 8.33. The van der Waals surface area contributed by atoms with Crippen LogP contribution in [0.2, 0.25) is 0 Å². The number of allylic oxidation sites excluding steroid dienone is 1. The number of rotatable bonds is 6. The van der Waals surface area contributed by atoms with Gasteiger partial charge in [-0.05, 0) is 56.3 Å². The minimum Gasteiger partial charge on any atom is -0.493 e. The van der Waals surface area contributed by atoms with Crippen LogP contribution in [0.1, 0.15) is 47.2 Å². The Morgan fingerprint density at radius 2 is 1.88 bits per heavy atom. The second-order valence-electron chi connectivity index (χ2n) is 8.33. The Kier molecular flexibility index (Phi) is 6.20. The Morgan fingerprint density at radius 3 is 2.59 bits per heavy atom. The summed E-state index contributed by atoms with van der Waals surface area (Å²) < 4.78 is 43.1. The predicted molar refractivity (Wildman–Crippen MR) is 116 cm³/mol. The van der Waals surface area contributed by atoms with Crippen LogP contribution in [0.4, 0.5) is 8.78 Å². The van der Waals surface area contributed by atoms with Crippen molar-refractivity contribution in [3.8, 4) is 11.5 Å². The molecule has 170 valence electrons. The third kappa shape index (κ3) is 3.86.